The molecule has 0 aliphatic rings. The smallest absolute Gasteiger partial charge is 0.335 e. The van der Waals surface area contributed by atoms with Crippen LogP contribution in [-0.4, -0.2) is 21.0 Å². The fourth-order valence-electron chi connectivity index (χ4n) is 2.55. The number of hydrogen-bond acceptors (Lipinski definition) is 5. The molecule has 0 saturated carbocycles. The first-order valence-electron chi connectivity index (χ1n) is 8.62. The van der Waals surface area contributed by atoms with Gasteiger partial charge in [-0.05, 0) is 47.4 Å². The minimum atomic E-state index is -0.970. The maximum atomic E-state index is 11.1. The Balaban J connectivity index is 1.74. The van der Waals surface area contributed by atoms with E-state index < -0.39 is 5.97 Å². The van der Waals surface area contributed by atoms with E-state index in [1.807, 2.05) is 12.1 Å². The van der Waals surface area contributed by atoms with Gasteiger partial charge in [0.25, 0.3) is 0 Å². The number of carboxylic acids is 1. The number of carboxylic acid groups (broad SMARTS) is 1. The summed E-state index contributed by atoms with van der Waals surface area (Å²) in [5.41, 5.74) is 3.11. The van der Waals surface area contributed by atoms with Crippen molar-refractivity contribution in [3.8, 4) is 0 Å². The molecule has 3 N–H and O–H groups in total. The summed E-state index contributed by atoms with van der Waals surface area (Å²) in [7, 11) is 0. The second-order valence-electron chi connectivity index (χ2n) is 7.23. The van der Waals surface area contributed by atoms with Crippen LogP contribution >= 0.6 is 0 Å². The van der Waals surface area contributed by atoms with Crippen LogP contribution in [0.5, 0.6) is 0 Å². The number of aromatic carboxylic acids is 1. The van der Waals surface area contributed by atoms with Crippen molar-refractivity contribution in [1.82, 2.24) is 9.97 Å². The number of hydrogen-bond donors (Lipinski definition) is 3. The first kappa shape index (κ1) is 18.4. The number of aromatic nitrogens is 2. The van der Waals surface area contributed by atoms with Crippen LogP contribution in [0.3, 0.4) is 0 Å². The summed E-state index contributed by atoms with van der Waals surface area (Å²) in [6.45, 7) is 6.52. The number of nitrogens with zero attached hydrogens (tertiary/aromatic N) is 2. The predicted molar refractivity (Wildman–Crippen MR) is 107 cm³/mol. The topological polar surface area (TPSA) is 87.1 Å². The van der Waals surface area contributed by atoms with Crippen molar-refractivity contribution in [2.45, 2.75) is 26.2 Å². The van der Waals surface area contributed by atoms with Gasteiger partial charge in [0.05, 0.1) is 5.56 Å². The summed E-state index contributed by atoms with van der Waals surface area (Å²) in [4.78, 5) is 19.8. The molecular weight excluding hydrogens is 340 g/mol. The molecule has 6 heteroatoms. The van der Waals surface area contributed by atoms with E-state index in [0.29, 0.717) is 17.5 Å². The Morgan fingerprint density at radius 2 is 1.70 bits per heavy atom. The molecule has 0 spiro atoms. The molecule has 3 rings (SSSR count). The van der Waals surface area contributed by atoms with Gasteiger partial charge in [0.2, 0.25) is 5.95 Å². The van der Waals surface area contributed by atoms with Crippen LogP contribution in [0.25, 0.3) is 0 Å². The highest BCUT2D eigenvalue weighted by molar-refractivity contribution is 5.89. The maximum absolute atomic E-state index is 11.1. The van der Waals surface area contributed by atoms with Crippen molar-refractivity contribution in [3.63, 3.8) is 0 Å². The Hall–Kier alpha value is -3.41. The molecule has 0 saturated heterocycles. The van der Waals surface area contributed by atoms with Gasteiger partial charge in [-0.2, -0.15) is 4.98 Å². The summed E-state index contributed by atoms with van der Waals surface area (Å²) in [5.74, 6) is 0.0571. The number of benzene rings is 2. The van der Waals surface area contributed by atoms with Gasteiger partial charge in [0, 0.05) is 17.6 Å². The van der Waals surface area contributed by atoms with Crippen molar-refractivity contribution in [2.75, 3.05) is 10.6 Å². The van der Waals surface area contributed by atoms with Crippen LogP contribution < -0.4 is 10.6 Å². The zero-order valence-corrected chi connectivity index (χ0v) is 15.5. The molecule has 0 unspecified atom stereocenters. The lowest BCUT2D eigenvalue weighted by atomic mass is 9.87. The highest BCUT2D eigenvalue weighted by atomic mass is 16.4. The van der Waals surface area contributed by atoms with Gasteiger partial charge < -0.3 is 15.7 Å². The highest BCUT2D eigenvalue weighted by Gasteiger charge is 2.13. The predicted octanol–water partition coefficient (Wildman–Crippen LogP) is 4.96. The standard InChI is InChI=1S/C21H22N4O2/c1-21(2,3)15-7-9-16(10-8-15)24-20-22-12-11-18(25-20)23-17-6-4-5-14(13-17)19(26)27/h4-13H,1-3H3,(H,26,27)(H2,22,23,24,25). The van der Waals surface area contributed by atoms with Gasteiger partial charge in [0.15, 0.2) is 0 Å². The lowest BCUT2D eigenvalue weighted by molar-refractivity contribution is 0.0697. The molecule has 0 aliphatic heterocycles. The van der Waals surface area contributed by atoms with Crippen molar-refractivity contribution >= 4 is 29.1 Å². The molecule has 0 atom stereocenters. The molecule has 6 nitrogen and oxygen atoms in total. The third-order valence-electron chi connectivity index (χ3n) is 4.04. The van der Waals surface area contributed by atoms with E-state index in [-0.39, 0.29) is 11.0 Å². The normalized spacial score (nSPS) is 11.1. The Kier molecular flexibility index (Phi) is 5.07. The number of carbonyl (C=O) groups is 1. The zero-order valence-electron chi connectivity index (χ0n) is 15.5. The van der Waals surface area contributed by atoms with E-state index in [9.17, 15) is 4.79 Å². The minimum Gasteiger partial charge on any atom is -0.478 e. The minimum absolute atomic E-state index is 0.101. The average Bonchev–Trinajstić information content (AvgIpc) is 2.62. The second kappa shape index (κ2) is 7.45. The Morgan fingerprint density at radius 1 is 0.963 bits per heavy atom. The SMILES string of the molecule is CC(C)(C)c1ccc(Nc2nccc(Nc3cccc(C(=O)O)c3)n2)cc1. The van der Waals surface area contributed by atoms with Crippen molar-refractivity contribution in [3.05, 3.63) is 71.9 Å². The monoisotopic (exact) mass is 362 g/mol. The Labute approximate surface area is 158 Å². The van der Waals surface area contributed by atoms with E-state index >= 15 is 0 Å². The van der Waals surface area contributed by atoms with Crippen LogP contribution in [0.15, 0.2) is 60.8 Å². The van der Waals surface area contributed by atoms with E-state index in [0.717, 1.165) is 5.69 Å². The molecule has 0 bridgehead atoms. The molecule has 0 amide bonds. The molecular formula is C21H22N4O2. The van der Waals surface area contributed by atoms with Crippen molar-refractivity contribution in [1.29, 1.82) is 0 Å². The van der Waals surface area contributed by atoms with Crippen molar-refractivity contribution in [2.24, 2.45) is 0 Å². The molecule has 2 aromatic carbocycles. The van der Waals surface area contributed by atoms with Crippen molar-refractivity contribution < 1.29 is 9.90 Å². The van der Waals surface area contributed by atoms with Crippen LogP contribution in [0.4, 0.5) is 23.1 Å². The molecule has 27 heavy (non-hydrogen) atoms. The van der Waals surface area contributed by atoms with Crippen LogP contribution in [0.2, 0.25) is 0 Å². The van der Waals surface area contributed by atoms with Gasteiger partial charge in [-0.3, -0.25) is 0 Å². The lowest BCUT2D eigenvalue weighted by Crippen LogP contribution is -2.10. The van der Waals surface area contributed by atoms with E-state index in [1.165, 1.54) is 5.56 Å². The molecule has 1 aromatic heterocycles. The zero-order chi connectivity index (χ0) is 19.4. The van der Waals surface area contributed by atoms with E-state index in [1.54, 1.807) is 36.5 Å². The van der Waals surface area contributed by atoms with E-state index in [2.05, 4.69) is 53.5 Å². The summed E-state index contributed by atoms with van der Waals surface area (Å²) >= 11 is 0. The van der Waals surface area contributed by atoms with Crippen LogP contribution in [0, 0.1) is 0 Å². The van der Waals surface area contributed by atoms with Gasteiger partial charge in [-0.1, -0.05) is 39.0 Å². The lowest BCUT2D eigenvalue weighted by Gasteiger charge is -2.19. The maximum Gasteiger partial charge on any atom is 0.335 e. The van der Waals surface area contributed by atoms with Gasteiger partial charge in [-0.15, -0.1) is 0 Å². The first-order chi connectivity index (χ1) is 12.8. The molecule has 138 valence electrons. The molecule has 3 aromatic rings. The van der Waals surface area contributed by atoms with Gasteiger partial charge in [0.1, 0.15) is 5.82 Å². The third kappa shape index (κ3) is 4.82. The fourth-order valence-corrected chi connectivity index (χ4v) is 2.55. The molecule has 0 fully saturated rings. The Bertz CT molecular complexity index is 947. The third-order valence-corrected chi connectivity index (χ3v) is 4.04. The fraction of sp³-hybridized carbons (Fsp3) is 0.190. The van der Waals surface area contributed by atoms with Crippen LogP contribution in [-0.2, 0) is 5.41 Å². The second-order valence-corrected chi connectivity index (χ2v) is 7.23. The van der Waals surface area contributed by atoms with Crippen LogP contribution in [0.1, 0.15) is 36.7 Å². The average molecular weight is 362 g/mol. The number of nitrogens with one attached hydrogen (secondary N) is 2. The van der Waals surface area contributed by atoms with Gasteiger partial charge in [-0.25, -0.2) is 9.78 Å². The number of anilines is 4. The van der Waals surface area contributed by atoms with Gasteiger partial charge >= 0.3 is 5.97 Å². The molecule has 0 radical (unpaired) electrons. The number of rotatable bonds is 5. The summed E-state index contributed by atoms with van der Waals surface area (Å²) in [6.07, 6.45) is 1.64. The van der Waals surface area contributed by atoms with E-state index in [4.69, 9.17) is 5.11 Å². The summed E-state index contributed by atoms with van der Waals surface area (Å²) in [6, 6.07) is 16.5. The largest absolute Gasteiger partial charge is 0.478 e. The first-order valence-corrected chi connectivity index (χ1v) is 8.62. The highest BCUT2D eigenvalue weighted by Crippen LogP contribution is 2.24. The Morgan fingerprint density at radius 3 is 2.37 bits per heavy atom. The summed E-state index contributed by atoms with van der Waals surface area (Å²) in [5, 5.41) is 15.4. The quantitative estimate of drug-likeness (QED) is 0.595. The summed E-state index contributed by atoms with van der Waals surface area (Å²) < 4.78 is 0. The molecule has 1 heterocycles. The molecule has 0 aliphatic carbocycles.